The molecule has 6 nitrogen and oxygen atoms in total. The van der Waals surface area contributed by atoms with Gasteiger partial charge >= 0.3 is 0 Å². The maximum atomic E-state index is 4.89. The number of nitrogens with one attached hydrogen (secondary N) is 3. The first-order chi connectivity index (χ1) is 14.8. The third kappa shape index (κ3) is 3.99. The summed E-state index contributed by atoms with van der Waals surface area (Å²) in [6.07, 6.45) is 2.91. The minimum absolute atomic E-state index is 0.154. The minimum Gasteiger partial charge on any atom is -0.365 e. The van der Waals surface area contributed by atoms with Crippen LogP contribution in [0.1, 0.15) is 24.9 Å². The molecule has 0 aliphatic carbocycles. The maximum Gasteiger partial charge on any atom is 0.162 e. The number of pyridine rings is 1. The van der Waals surface area contributed by atoms with E-state index >= 15 is 0 Å². The van der Waals surface area contributed by atoms with E-state index in [2.05, 4.69) is 63.6 Å². The van der Waals surface area contributed by atoms with Gasteiger partial charge in [0.05, 0.1) is 10.2 Å². The van der Waals surface area contributed by atoms with Gasteiger partial charge in [0.1, 0.15) is 11.6 Å². The standard InChI is InChI=1S/C23H24N6S/c1-15(16-5-3-2-4-6-16)26-20-13-17(7-11-25-20)22-28-19-9-12-30-21(19)23(29-22)27-18-8-10-24-14-18/h2-7,9,11-13,15,18,24H,8,10,14H2,1H3,(H,25,26)(H,27,28,29)/t15-,18?/m1/s1. The number of benzene rings is 1. The second-order valence-electron chi connectivity index (χ2n) is 7.57. The quantitative estimate of drug-likeness (QED) is 0.423. The van der Waals surface area contributed by atoms with Crippen LogP contribution in [0.2, 0.25) is 0 Å². The second kappa shape index (κ2) is 8.38. The van der Waals surface area contributed by atoms with Gasteiger partial charge < -0.3 is 16.0 Å². The summed E-state index contributed by atoms with van der Waals surface area (Å²) < 4.78 is 1.11. The van der Waals surface area contributed by atoms with Crippen LogP contribution in [0.15, 0.2) is 60.1 Å². The van der Waals surface area contributed by atoms with Gasteiger partial charge in [-0.1, -0.05) is 30.3 Å². The molecule has 0 radical (unpaired) electrons. The fraction of sp³-hybridized carbons (Fsp3) is 0.261. The van der Waals surface area contributed by atoms with Crippen LogP contribution in [0.4, 0.5) is 11.6 Å². The van der Waals surface area contributed by atoms with Crippen molar-refractivity contribution >= 4 is 33.2 Å². The summed E-state index contributed by atoms with van der Waals surface area (Å²) in [7, 11) is 0. The number of thiophene rings is 1. The van der Waals surface area contributed by atoms with E-state index in [9.17, 15) is 0 Å². The van der Waals surface area contributed by atoms with Gasteiger partial charge in [-0.05, 0) is 49.0 Å². The van der Waals surface area contributed by atoms with E-state index in [0.29, 0.717) is 11.9 Å². The fourth-order valence-corrected chi connectivity index (χ4v) is 4.54. The molecule has 0 spiro atoms. The van der Waals surface area contributed by atoms with Crippen LogP contribution in [0.5, 0.6) is 0 Å². The van der Waals surface area contributed by atoms with Crippen molar-refractivity contribution in [1.29, 1.82) is 0 Å². The molecule has 30 heavy (non-hydrogen) atoms. The molecule has 4 heterocycles. The minimum atomic E-state index is 0.154. The third-order valence-electron chi connectivity index (χ3n) is 5.39. The van der Waals surface area contributed by atoms with Crippen LogP contribution >= 0.6 is 11.3 Å². The first-order valence-corrected chi connectivity index (χ1v) is 11.1. The Morgan fingerprint density at radius 3 is 2.87 bits per heavy atom. The molecule has 0 bridgehead atoms. The van der Waals surface area contributed by atoms with E-state index in [1.165, 1.54) is 5.56 Å². The summed E-state index contributed by atoms with van der Waals surface area (Å²) in [5, 5.41) is 12.6. The van der Waals surface area contributed by atoms with Crippen LogP contribution in [-0.4, -0.2) is 34.1 Å². The molecule has 1 aliphatic rings. The van der Waals surface area contributed by atoms with E-state index in [1.807, 2.05) is 24.4 Å². The average Bonchev–Trinajstić information content (AvgIpc) is 3.46. The normalized spacial score (nSPS) is 17.2. The Hall–Kier alpha value is -3.03. The average molecular weight is 417 g/mol. The first-order valence-electron chi connectivity index (χ1n) is 10.3. The molecule has 1 saturated heterocycles. The Morgan fingerprint density at radius 2 is 2.03 bits per heavy atom. The first kappa shape index (κ1) is 19.0. The van der Waals surface area contributed by atoms with Crippen molar-refractivity contribution in [3.05, 3.63) is 65.7 Å². The zero-order chi connectivity index (χ0) is 20.3. The topological polar surface area (TPSA) is 74.8 Å². The number of anilines is 2. The highest BCUT2D eigenvalue weighted by atomic mass is 32.1. The number of hydrogen-bond donors (Lipinski definition) is 3. The summed E-state index contributed by atoms with van der Waals surface area (Å²) in [5.74, 6) is 2.45. The van der Waals surface area contributed by atoms with Crippen LogP contribution in [0, 0.1) is 0 Å². The highest BCUT2D eigenvalue weighted by molar-refractivity contribution is 7.17. The van der Waals surface area contributed by atoms with E-state index < -0.39 is 0 Å². The number of nitrogens with zero attached hydrogens (tertiary/aromatic N) is 3. The van der Waals surface area contributed by atoms with Crippen LogP contribution < -0.4 is 16.0 Å². The Morgan fingerprint density at radius 1 is 1.13 bits per heavy atom. The Labute approximate surface area is 179 Å². The van der Waals surface area contributed by atoms with Gasteiger partial charge in [0.15, 0.2) is 5.82 Å². The Bertz CT molecular complexity index is 1140. The predicted octanol–water partition coefficient (Wildman–Crippen LogP) is 4.70. The molecule has 1 unspecified atom stereocenters. The summed E-state index contributed by atoms with van der Waals surface area (Å²) in [4.78, 5) is 14.2. The second-order valence-corrected chi connectivity index (χ2v) is 8.49. The highest BCUT2D eigenvalue weighted by Crippen LogP contribution is 2.30. The predicted molar refractivity (Wildman–Crippen MR) is 124 cm³/mol. The van der Waals surface area contributed by atoms with Gasteiger partial charge in [0.2, 0.25) is 0 Å². The van der Waals surface area contributed by atoms with Crippen molar-refractivity contribution < 1.29 is 0 Å². The molecule has 4 aromatic rings. The van der Waals surface area contributed by atoms with E-state index in [0.717, 1.165) is 46.9 Å². The van der Waals surface area contributed by atoms with Crippen molar-refractivity contribution in [2.24, 2.45) is 0 Å². The van der Waals surface area contributed by atoms with Crippen molar-refractivity contribution in [3.8, 4) is 11.4 Å². The molecular weight excluding hydrogens is 392 g/mol. The summed E-state index contributed by atoms with van der Waals surface area (Å²) in [5.41, 5.74) is 3.15. The number of aromatic nitrogens is 3. The molecule has 2 atom stereocenters. The van der Waals surface area contributed by atoms with E-state index in [-0.39, 0.29) is 6.04 Å². The van der Waals surface area contributed by atoms with Crippen LogP contribution in [0.25, 0.3) is 21.6 Å². The molecule has 1 fully saturated rings. The molecule has 152 valence electrons. The zero-order valence-electron chi connectivity index (χ0n) is 16.8. The number of hydrogen-bond acceptors (Lipinski definition) is 7. The van der Waals surface area contributed by atoms with E-state index in [4.69, 9.17) is 9.97 Å². The Balaban J connectivity index is 1.44. The van der Waals surface area contributed by atoms with Gasteiger partial charge in [-0.3, -0.25) is 0 Å². The largest absolute Gasteiger partial charge is 0.365 e. The molecular formula is C23H24N6S. The van der Waals surface area contributed by atoms with Crippen LogP contribution in [0.3, 0.4) is 0 Å². The molecule has 3 aromatic heterocycles. The zero-order valence-corrected chi connectivity index (χ0v) is 17.6. The van der Waals surface area contributed by atoms with Gasteiger partial charge in [-0.25, -0.2) is 15.0 Å². The lowest BCUT2D eigenvalue weighted by Crippen LogP contribution is -2.22. The van der Waals surface area contributed by atoms with Crippen molar-refractivity contribution in [2.75, 3.05) is 23.7 Å². The maximum absolute atomic E-state index is 4.89. The molecule has 1 aromatic carbocycles. The van der Waals surface area contributed by atoms with Crippen molar-refractivity contribution in [3.63, 3.8) is 0 Å². The third-order valence-corrected chi connectivity index (χ3v) is 6.30. The molecule has 0 saturated carbocycles. The summed E-state index contributed by atoms with van der Waals surface area (Å²) >= 11 is 1.68. The molecule has 3 N–H and O–H groups in total. The van der Waals surface area contributed by atoms with Gasteiger partial charge in [-0.2, -0.15) is 0 Å². The molecule has 5 rings (SSSR count). The summed E-state index contributed by atoms with van der Waals surface area (Å²) in [6, 6.07) is 17.0. The summed E-state index contributed by atoms with van der Waals surface area (Å²) in [6.45, 7) is 4.14. The van der Waals surface area contributed by atoms with Gasteiger partial charge in [-0.15, -0.1) is 11.3 Å². The smallest absolute Gasteiger partial charge is 0.162 e. The Kier molecular flexibility index (Phi) is 5.29. The number of fused-ring (bicyclic) bond motifs is 1. The lowest BCUT2D eigenvalue weighted by Gasteiger charge is -2.16. The van der Waals surface area contributed by atoms with Gasteiger partial charge in [0.25, 0.3) is 0 Å². The molecule has 0 amide bonds. The molecule has 1 aliphatic heterocycles. The van der Waals surface area contributed by atoms with Crippen LogP contribution in [-0.2, 0) is 0 Å². The van der Waals surface area contributed by atoms with Crippen molar-refractivity contribution in [2.45, 2.75) is 25.4 Å². The van der Waals surface area contributed by atoms with Crippen molar-refractivity contribution in [1.82, 2.24) is 20.3 Å². The monoisotopic (exact) mass is 416 g/mol. The lowest BCUT2D eigenvalue weighted by molar-refractivity contribution is 0.789. The highest BCUT2D eigenvalue weighted by Gasteiger charge is 2.18. The van der Waals surface area contributed by atoms with Gasteiger partial charge in [0, 0.05) is 30.4 Å². The SMILES string of the molecule is C[C@@H](Nc1cc(-c2nc(NC3CCNC3)c3sccc3n2)ccn1)c1ccccc1. The lowest BCUT2D eigenvalue weighted by atomic mass is 10.1. The fourth-order valence-electron chi connectivity index (χ4n) is 3.76. The molecule has 7 heteroatoms. The van der Waals surface area contributed by atoms with E-state index in [1.54, 1.807) is 11.3 Å². The number of rotatable bonds is 6.